The molecule has 0 atom stereocenters. The van der Waals surface area contributed by atoms with E-state index in [2.05, 4.69) is 0 Å². The van der Waals surface area contributed by atoms with Crippen LogP contribution < -0.4 is 4.28 Å². The van der Waals surface area contributed by atoms with Gasteiger partial charge in [-0.25, -0.2) is 0 Å². The second kappa shape index (κ2) is 5.56. The van der Waals surface area contributed by atoms with Crippen molar-refractivity contribution in [1.82, 2.24) is 4.73 Å². The first-order valence-electron chi connectivity index (χ1n) is 7.74. The maximum Gasteiger partial charge on any atom is 0.357 e. The van der Waals surface area contributed by atoms with Gasteiger partial charge in [-0.1, -0.05) is 53.3 Å². The molecule has 2 aromatic carbocycles. The summed E-state index contributed by atoms with van der Waals surface area (Å²) in [6.07, 6.45) is 4.67. The molecule has 6 nitrogen and oxygen atoms in total. The monoisotopic (exact) mass is 357 g/mol. The quantitative estimate of drug-likeness (QED) is 0.752. The van der Waals surface area contributed by atoms with Crippen LogP contribution in [-0.4, -0.2) is 23.4 Å². The predicted octanol–water partition coefficient (Wildman–Crippen LogP) is 2.83. The van der Waals surface area contributed by atoms with Crippen molar-refractivity contribution in [2.75, 3.05) is 0 Å². The highest BCUT2D eigenvalue weighted by Crippen LogP contribution is 2.38. The Morgan fingerprint density at radius 2 is 1.76 bits per heavy atom. The van der Waals surface area contributed by atoms with E-state index in [9.17, 15) is 18.6 Å². The van der Waals surface area contributed by atoms with Crippen LogP contribution in [0.25, 0.3) is 16.8 Å². The summed E-state index contributed by atoms with van der Waals surface area (Å²) >= 11 is 0. The number of rotatable bonds is 3. The van der Waals surface area contributed by atoms with E-state index in [-0.39, 0.29) is 4.90 Å². The molecule has 1 heterocycles. The van der Waals surface area contributed by atoms with E-state index in [1.807, 2.05) is 12.1 Å². The molecule has 1 aromatic heterocycles. The summed E-state index contributed by atoms with van der Waals surface area (Å²) in [5.74, 6) is -0.840. The van der Waals surface area contributed by atoms with Gasteiger partial charge in [0.15, 0.2) is 0 Å². The number of benzene rings is 2. The molecule has 2 N–H and O–H groups in total. The summed E-state index contributed by atoms with van der Waals surface area (Å²) in [4.78, 5) is -0.0355. The van der Waals surface area contributed by atoms with Gasteiger partial charge in [-0.15, -0.1) is 0 Å². The Hall–Kier alpha value is -2.93. The number of hydrogen-bond acceptors (Lipinski definition) is 5. The molecule has 0 fully saturated rings. The van der Waals surface area contributed by atoms with E-state index in [0.29, 0.717) is 34.1 Å². The maximum absolute atomic E-state index is 12.7. The van der Waals surface area contributed by atoms with Gasteiger partial charge in [0.2, 0.25) is 11.8 Å². The van der Waals surface area contributed by atoms with Crippen molar-refractivity contribution >= 4 is 27.0 Å². The highest BCUT2D eigenvalue weighted by molar-refractivity contribution is 7.87. The van der Waals surface area contributed by atoms with E-state index in [1.54, 1.807) is 36.4 Å². The lowest BCUT2D eigenvalue weighted by Gasteiger charge is -2.11. The second-order valence-electron chi connectivity index (χ2n) is 5.78. The van der Waals surface area contributed by atoms with Gasteiger partial charge < -0.3 is 10.2 Å². The molecule has 0 unspecified atom stereocenters. The SMILES string of the molecule is O=S(=O)(On1c(O)c2c(c1O)CCC=C2)c1cccc2ccccc12. The molecule has 25 heavy (non-hydrogen) atoms. The molecule has 4 rings (SSSR count). The number of nitrogens with zero attached hydrogens (tertiary/aromatic N) is 1. The summed E-state index contributed by atoms with van der Waals surface area (Å²) in [6.45, 7) is 0. The molecule has 1 aliphatic carbocycles. The van der Waals surface area contributed by atoms with Crippen molar-refractivity contribution in [1.29, 1.82) is 0 Å². The number of allylic oxidation sites excluding steroid dienone is 1. The largest absolute Gasteiger partial charge is 0.492 e. The zero-order valence-electron chi connectivity index (χ0n) is 13.1. The molecule has 128 valence electrons. The van der Waals surface area contributed by atoms with E-state index >= 15 is 0 Å². The van der Waals surface area contributed by atoms with Gasteiger partial charge in [-0.3, -0.25) is 4.28 Å². The highest BCUT2D eigenvalue weighted by atomic mass is 32.2. The summed E-state index contributed by atoms with van der Waals surface area (Å²) in [6, 6.07) is 11.8. The Morgan fingerprint density at radius 3 is 2.56 bits per heavy atom. The minimum Gasteiger partial charge on any atom is -0.492 e. The van der Waals surface area contributed by atoms with Gasteiger partial charge in [0, 0.05) is 16.5 Å². The molecule has 0 aliphatic heterocycles. The van der Waals surface area contributed by atoms with Crippen LogP contribution >= 0.6 is 0 Å². The topological polar surface area (TPSA) is 88.8 Å². The Labute approximate surface area is 144 Å². The zero-order chi connectivity index (χ0) is 17.6. The molecule has 0 saturated carbocycles. The molecule has 7 heteroatoms. The van der Waals surface area contributed by atoms with E-state index in [4.69, 9.17) is 4.28 Å². The van der Waals surface area contributed by atoms with Gasteiger partial charge >= 0.3 is 10.1 Å². The smallest absolute Gasteiger partial charge is 0.357 e. The Balaban J connectivity index is 1.83. The van der Waals surface area contributed by atoms with Crippen molar-refractivity contribution in [2.24, 2.45) is 0 Å². The lowest BCUT2D eigenvalue weighted by Crippen LogP contribution is -2.20. The number of fused-ring (bicyclic) bond motifs is 2. The van der Waals surface area contributed by atoms with Crippen LogP contribution in [0.3, 0.4) is 0 Å². The summed E-state index contributed by atoms with van der Waals surface area (Å²) in [5.41, 5.74) is 0.838. The molecular formula is C18H15NO5S. The second-order valence-corrected chi connectivity index (χ2v) is 7.28. The van der Waals surface area contributed by atoms with Crippen LogP contribution in [0, 0.1) is 0 Å². The number of hydrogen-bond donors (Lipinski definition) is 2. The summed E-state index contributed by atoms with van der Waals surface area (Å²) < 4.78 is 31.1. The molecule has 0 radical (unpaired) electrons. The first kappa shape index (κ1) is 15.6. The van der Waals surface area contributed by atoms with Crippen LogP contribution in [0.2, 0.25) is 0 Å². The minimum absolute atomic E-state index is 0.0355. The average Bonchev–Trinajstić information content (AvgIpc) is 2.86. The van der Waals surface area contributed by atoms with E-state index in [0.717, 1.165) is 5.39 Å². The van der Waals surface area contributed by atoms with Crippen LogP contribution in [0.1, 0.15) is 17.5 Å². The van der Waals surface area contributed by atoms with E-state index < -0.39 is 21.9 Å². The fourth-order valence-corrected chi connectivity index (χ4v) is 4.18. The van der Waals surface area contributed by atoms with Crippen molar-refractivity contribution in [3.8, 4) is 11.8 Å². The standard InChI is InChI=1S/C18H15NO5S/c20-17-14-9-3-4-10-15(14)18(21)19(17)24-25(22,23)16-11-5-7-12-6-1-2-8-13(12)16/h1-3,5-9,11,20-21H,4,10H2. The third-order valence-electron chi connectivity index (χ3n) is 4.26. The molecule has 0 bridgehead atoms. The molecule has 0 spiro atoms. The zero-order valence-corrected chi connectivity index (χ0v) is 13.9. The first-order valence-corrected chi connectivity index (χ1v) is 9.14. The van der Waals surface area contributed by atoms with Gasteiger partial charge in [0.1, 0.15) is 4.90 Å². The lowest BCUT2D eigenvalue weighted by atomic mass is 10.0. The van der Waals surface area contributed by atoms with Crippen molar-refractivity contribution in [2.45, 2.75) is 17.7 Å². The highest BCUT2D eigenvalue weighted by Gasteiger charge is 2.28. The molecular weight excluding hydrogens is 342 g/mol. The first-order chi connectivity index (χ1) is 12.0. The Bertz CT molecular complexity index is 1110. The van der Waals surface area contributed by atoms with Crippen molar-refractivity contribution in [3.63, 3.8) is 0 Å². The van der Waals surface area contributed by atoms with Gasteiger partial charge in [-0.2, -0.15) is 8.42 Å². The minimum atomic E-state index is -4.27. The Morgan fingerprint density at radius 1 is 1.00 bits per heavy atom. The van der Waals surface area contributed by atoms with Crippen LogP contribution in [-0.2, 0) is 16.5 Å². The van der Waals surface area contributed by atoms with Crippen molar-refractivity contribution in [3.05, 3.63) is 59.7 Å². The fourth-order valence-electron chi connectivity index (χ4n) is 3.06. The number of aromatic nitrogens is 1. The van der Waals surface area contributed by atoms with Crippen LogP contribution in [0.5, 0.6) is 11.8 Å². The van der Waals surface area contributed by atoms with Gasteiger partial charge in [0.05, 0.1) is 0 Å². The fraction of sp³-hybridized carbons (Fsp3) is 0.111. The van der Waals surface area contributed by atoms with E-state index in [1.165, 1.54) is 6.07 Å². The molecule has 0 amide bonds. The Kier molecular flexibility index (Phi) is 3.47. The summed E-state index contributed by atoms with van der Waals surface area (Å²) in [7, 11) is -4.27. The lowest BCUT2D eigenvalue weighted by molar-refractivity contribution is 0.202. The molecule has 0 saturated heterocycles. The molecule has 1 aliphatic rings. The maximum atomic E-state index is 12.7. The molecule has 3 aromatic rings. The van der Waals surface area contributed by atoms with Crippen LogP contribution in [0.15, 0.2) is 53.4 Å². The third-order valence-corrected chi connectivity index (χ3v) is 5.50. The third kappa shape index (κ3) is 2.44. The predicted molar refractivity (Wildman–Crippen MR) is 92.8 cm³/mol. The normalized spacial score (nSPS) is 13.8. The van der Waals surface area contributed by atoms with Gasteiger partial charge in [0.25, 0.3) is 0 Å². The van der Waals surface area contributed by atoms with Crippen molar-refractivity contribution < 1.29 is 22.9 Å². The number of aromatic hydroxyl groups is 2. The van der Waals surface area contributed by atoms with Gasteiger partial charge in [-0.05, 0) is 24.3 Å². The summed E-state index contributed by atoms with van der Waals surface area (Å²) in [5, 5.41) is 21.7. The van der Waals surface area contributed by atoms with Crippen LogP contribution in [0.4, 0.5) is 0 Å². The average molecular weight is 357 g/mol.